The monoisotopic (exact) mass is 325 g/mol. The molecule has 0 fully saturated rings. The van der Waals surface area contributed by atoms with Crippen LogP contribution in [-0.2, 0) is 4.79 Å². The number of halogens is 3. The lowest BCUT2D eigenvalue weighted by atomic mass is 10.3. The van der Waals surface area contributed by atoms with Crippen molar-refractivity contribution in [3.63, 3.8) is 0 Å². The van der Waals surface area contributed by atoms with Crippen LogP contribution in [0.5, 0.6) is 0 Å². The van der Waals surface area contributed by atoms with Crippen LogP contribution >= 0.6 is 43.5 Å². The number of benzene rings is 1. The molecule has 0 aliphatic rings. The van der Waals surface area contributed by atoms with E-state index >= 15 is 0 Å². The zero-order valence-corrected chi connectivity index (χ0v) is 10.4. The van der Waals surface area contributed by atoms with Gasteiger partial charge in [-0.15, -0.1) is 0 Å². The summed E-state index contributed by atoms with van der Waals surface area (Å²) in [5, 5.41) is 3.44. The van der Waals surface area contributed by atoms with E-state index in [-0.39, 0.29) is 11.2 Å². The topological polar surface area (TPSA) is 29.1 Å². The Morgan fingerprint density at radius 1 is 1.54 bits per heavy atom. The third kappa shape index (κ3) is 3.29. The first-order valence-corrected chi connectivity index (χ1v) is 5.73. The number of alkyl halides is 1. The van der Waals surface area contributed by atoms with E-state index in [1.165, 1.54) is 0 Å². The minimum Gasteiger partial charge on any atom is -0.324 e. The summed E-state index contributed by atoms with van der Waals surface area (Å²) in [5.41, 5.74) is 0.612. The Hall–Kier alpha value is -0.0600. The average Bonchev–Trinajstić information content (AvgIpc) is 2.11. The molecule has 0 aliphatic carbocycles. The maximum absolute atomic E-state index is 11.0. The molecule has 70 valence electrons. The van der Waals surface area contributed by atoms with Gasteiger partial charge in [0.05, 0.1) is 16.0 Å². The second-order valence-corrected chi connectivity index (χ2v) is 4.19. The predicted octanol–water partition coefficient (Wildman–Crippen LogP) is 3.44. The molecule has 13 heavy (non-hydrogen) atoms. The van der Waals surface area contributed by atoms with E-state index in [1.54, 1.807) is 12.1 Å². The second-order valence-electron chi connectivity index (χ2n) is 2.31. The molecule has 1 amide bonds. The van der Waals surface area contributed by atoms with Gasteiger partial charge in [-0.1, -0.05) is 43.5 Å². The quantitative estimate of drug-likeness (QED) is 0.829. The first-order chi connectivity index (χ1) is 6.13. The Bertz CT molecular complexity index is 330. The molecule has 0 saturated heterocycles. The second kappa shape index (κ2) is 4.98. The molecular weight excluding hydrogens is 321 g/mol. The standard InChI is InChI=1S/C8H6Br2ClNO/c9-4-8(13)12-7-3-5(10)1-2-6(7)11/h1-3H,4H2,(H,12,13). The molecule has 0 heterocycles. The fourth-order valence-electron chi connectivity index (χ4n) is 0.777. The van der Waals surface area contributed by atoms with Crippen LogP contribution in [0.3, 0.4) is 0 Å². The summed E-state index contributed by atoms with van der Waals surface area (Å²) in [5.74, 6) is -0.125. The van der Waals surface area contributed by atoms with Crippen LogP contribution < -0.4 is 5.32 Å². The van der Waals surface area contributed by atoms with Gasteiger partial charge in [-0.3, -0.25) is 4.79 Å². The van der Waals surface area contributed by atoms with Crippen LogP contribution in [0.15, 0.2) is 22.7 Å². The third-order valence-electron chi connectivity index (χ3n) is 1.32. The van der Waals surface area contributed by atoms with E-state index in [4.69, 9.17) is 11.6 Å². The number of nitrogens with one attached hydrogen (secondary N) is 1. The Labute approximate surface area is 97.9 Å². The van der Waals surface area contributed by atoms with Crippen molar-refractivity contribution in [1.82, 2.24) is 0 Å². The fourth-order valence-corrected chi connectivity index (χ4v) is 1.44. The molecule has 5 heteroatoms. The van der Waals surface area contributed by atoms with Gasteiger partial charge in [0, 0.05) is 4.47 Å². The summed E-state index contributed by atoms with van der Waals surface area (Å²) < 4.78 is 0.877. The van der Waals surface area contributed by atoms with E-state index < -0.39 is 0 Å². The summed E-state index contributed by atoms with van der Waals surface area (Å²) in [7, 11) is 0. The van der Waals surface area contributed by atoms with Crippen molar-refractivity contribution in [2.24, 2.45) is 0 Å². The highest BCUT2D eigenvalue weighted by Gasteiger charge is 2.04. The van der Waals surface area contributed by atoms with Crippen molar-refractivity contribution in [3.05, 3.63) is 27.7 Å². The Kier molecular flexibility index (Phi) is 4.22. The van der Waals surface area contributed by atoms with E-state index in [9.17, 15) is 4.79 Å². The lowest BCUT2D eigenvalue weighted by Gasteiger charge is -2.05. The number of amides is 1. The van der Waals surface area contributed by atoms with Gasteiger partial charge in [-0.2, -0.15) is 0 Å². The average molecular weight is 327 g/mol. The zero-order valence-electron chi connectivity index (χ0n) is 6.48. The minimum absolute atomic E-state index is 0.125. The number of hydrogen-bond donors (Lipinski definition) is 1. The van der Waals surface area contributed by atoms with Crippen molar-refractivity contribution in [2.75, 3.05) is 10.6 Å². The maximum Gasteiger partial charge on any atom is 0.235 e. The molecule has 2 nitrogen and oxygen atoms in total. The first-order valence-electron chi connectivity index (χ1n) is 3.44. The molecule has 0 aromatic heterocycles. The molecule has 0 spiro atoms. The molecule has 0 atom stereocenters. The van der Waals surface area contributed by atoms with Gasteiger partial charge < -0.3 is 5.32 Å². The van der Waals surface area contributed by atoms with E-state index in [1.807, 2.05) is 6.07 Å². The molecular formula is C8H6Br2ClNO. The molecule has 0 saturated carbocycles. The van der Waals surface area contributed by atoms with Crippen LogP contribution in [0.4, 0.5) is 5.69 Å². The molecule has 1 aromatic rings. The van der Waals surface area contributed by atoms with E-state index in [2.05, 4.69) is 37.2 Å². The fraction of sp³-hybridized carbons (Fsp3) is 0.125. The number of anilines is 1. The van der Waals surface area contributed by atoms with Gasteiger partial charge in [0.25, 0.3) is 0 Å². The van der Waals surface area contributed by atoms with Crippen molar-refractivity contribution in [1.29, 1.82) is 0 Å². The highest BCUT2D eigenvalue weighted by atomic mass is 79.9. The number of carbonyl (C=O) groups is 1. The molecule has 0 radical (unpaired) electrons. The van der Waals surface area contributed by atoms with Crippen molar-refractivity contribution < 1.29 is 4.79 Å². The van der Waals surface area contributed by atoms with Crippen LogP contribution in [0.2, 0.25) is 5.02 Å². The first kappa shape index (κ1) is 11.0. The maximum atomic E-state index is 11.0. The van der Waals surface area contributed by atoms with Gasteiger partial charge in [-0.25, -0.2) is 0 Å². The summed E-state index contributed by atoms with van der Waals surface area (Å²) in [6.45, 7) is 0. The molecule has 0 aliphatic heterocycles. The van der Waals surface area contributed by atoms with Crippen molar-refractivity contribution in [3.8, 4) is 0 Å². The van der Waals surface area contributed by atoms with Gasteiger partial charge in [0.15, 0.2) is 0 Å². The van der Waals surface area contributed by atoms with Crippen molar-refractivity contribution >= 4 is 55.1 Å². The lowest BCUT2D eigenvalue weighted by Crippen LogP contribution is -2.12. The summed E-state index contributed by atoms with van der Waals surface area (Å²) in [6, 6.07) is 5.28. The minimum atomic E-state index is -0.125. The molecule has 1 N–H and O–H groups in total. The summed E-state index contributed by atoms with van der Waals surface area (Å²) in [6.07, 6.45) is 0. The molecule has 1 aromatic carbocycles. The van der Waals surface area contributed by atoms with Gasteiger partial charge in [-0.05, 0) is 18.2 Å². The molecule has 0 unspecified atom stereocenters. The van der Waals surface area contributed by atoms with E-state index in [0.29, 0.717) is 10.7 Å². The normalized spacial score (nSPS) is 9.77. The van der Waals surface area contributed by atoms with Crippen LogP contribution in [0.1, 0.15) is 0 Å². The van der Waals surface area contributed by atoms with Crippen LogP contribution in [0, 0.1) is 0 Å². The van der Waals surface area contributed by atoms with Gasteiger partial charge in [0.1, 0.15) is 0 Å². The van der Waals surface area contributed by atoms with E-state index in [0.717, 1.165) is 4.47 Å². The molecule has 1 rings (SSSR count). The predicted molar refractivity (Wildman–Crippen MR) is 61.6 cm³/mol. The highest BCUT2D eigenvalue weighted by Crippen LogP contribution is 2.25. The number of hydrogen-bond acceptors (Lipinski definition) is 1. The van der Waals surface area contributed by atoms with Gasteiger partial charge >= 0.3 is 0 Å². The Balaban J connectivity index is 2.87. The Morgan fingerprint density at radius 2 is 2.23 bits per heavy atom. The summed E-state index contributed by atoms with van der Waals surface area (Å²) >= 11 is 12.2. The van der Waals surface area contributed by atoms with Crippen LogP contribution in [-0.4, -0.2) is 11.2 Å². The van der Waals surface area contributed by atoms with Crippen LogP contribution in [0.25, 0.3) is 0 Å². The Morgan fingerprint density at radius 3 is 2.85 bits per heavy atom. The lowest BCUT2D eigenvalue weighted by molar-refractivity contribution is -0.113. The summed E-state index contributed by atoms with van der Waals surface area (Å²) in [4.78, 5) is 11.0. The smallest absolute Gasteiger partial charge is 0.235 e. The number of rotatable bonds is 2. The highest BCUT2D eigenvalue weighted by molar-refractivity contribution is 9.10. The third-order valence-corrected chi connectivity index (χ3v) is 2.66. The van der Waals surface area contributed by atoms with Crippen molar-refractivity contribution in [2.45, 2.75) is 0 Å². The molecule has 0 bridgehead atoms. The van der Waals surface area contributed by atoms with Gasteiger partial charge in [0.2, 0.25) is 5.91 Å². The zero-order chi connectivity index (χ0) is 9.84. The number of carbonyl (C=O) groups excluding carboxylic acids is 1. The largest absolute Gasteiger partial charge is 0.324 e. The SMILES string of the molecule is O=C(CBr)Nc1cc(Br)ccc1Cl.